The molecule has 23 heavy (non-hydrogen) atoms. The van der Waals surface area contributed by atoms with E-state index >= 15 is 0 Å². The summed E-state index contributed by atoms with van der Waals surface area (Å²) in [6.07, 6.45) is 5.06. The van der Waals surface area contributed by atoms with Crippen molar-refractivity contribution in [2.75, 3.05) is 6.61 Å². The zero-order valence-corrected chi connectivity index (χ0v) is 13.4. The highest BCUT2D eigenvalue weighted by atomic mass is 16.5. The second-order valence-electron chi connectivity index (χ2n) is 5.19. The third kappa shape index (κ3) is 5.94. The predicted molar refractivity (Wildman–Crippen MR) is 93.0 cm³/mol. The molecule has 0 spiro atoms. The SMILES string of the molecule is CCCCCOc1ccc(/C=N/NC(=O)c2ccccc2)cc1. The van der Waals surface area contributed by atoms with E-state index < -0.39 is 0 Å². The fraction of sp³-hybridized carbons (Fsp3) is 0.263. The van der Waals surface area contributed by atoms with E-state index in [9.17, 15) is 4.79 Å². The molecule has 1 amide bonds. The van der Waals surface area contributed by atoms with Crippen LogP contribution in [0.15, 0.2) is 59.7 Å². The van der Waals surface area contributed by atoms with Crippen LogP contribution in [-0.2, 0) is 0 Å². The van der Waals surface area contributed by atoms with E-state index in [1.807, 2.05) is 42.5 Å². The van der Waals surface area contributed by atoms with Gasteiger partial charge in [0.15, 0.2) is 0 Å². The van der Waals surface area contributed by atoms with E-state index in [4.69, 9.17) is 4.74 Å². The molecule has 120 valence electrons. The van der Waals surface area contributed by atoms with Crippen molar-refractivity contribution in [3.63, 3.8) is 0 Å². The van der Waals surface area contributed by atoms with Crippen molar-refractivity contribution in [1.29, 1.82) is 0 Å². The summed E-state index contributed by atoms with van der Waals surface area (Å²) in [5.41, 5.74) is 4.00. The van der Waals surface area contributed by atoms with Gasteiger partial charge in [-0.3, -0.25) is 4.79 Å². The lowest BCUT2D eigenvalue weighted by Gasteiger charge is -2.05. The Balaban J connectivity index is 1.80. The largest absolute Gasteiger partial charge is 0.494 e. The maximum Gasteiger partial charge on any atom is 0.271 e. The smallest absolute Gasteiger partial charge is 0.271 e. The van der Waals surface area contributed by atoms with Crippen LogP contribution in [0.25, 0.3) is 0 Å². The molecule has 0 atom stereocenters. The Morgan fingerprint density at radius 3 is 2.52 bits per heavy atom. The number of hydrogen-bond acceptors (Lipinski definition) is 3. The molecule has 0 aliphatic carbocycles. The minimum atomic E-state index is -0.224. The molecule has 0 heterocycles. The molecule has 0 saturated carbocycles. The number of unbranched alkanes of at least 4 members (excludes halogenated alkanes) is 2. The van der Waals surface area contributed by atoms with Gasteiger partial charge in [-0.15, -0.1) is 0 Å². The Hall–Kier alpha value is -2.62. The van der Waals surface area contributed by atoms with Crippen molar-refractivity contribution >= 4 is 12.1 Å². The summed E-state index contributed by atoms with van der Waals surface area (Å²) in [6.45, 7) is 2.92. The third-order valence-corrected chi connectivity index (χ3v) is 3.31. The molecule has 0 aliphatic rings. The Bertz CT molecular complexity index is 622. The molecule has 4 heteroatoms. The second-order valence-corrected chi connectivity index (χ2v) is 5.19. The van der Waals surface area contributed by atoms with Crippen LogP contribution in [0, 0.1) is 0 Å². The van der Waals surface area contributed by atoms with E-state index in [-0.39, 0.29) is 5.91 Å². The highest BCUT2D eigenvalue weighted by molar-refractivity contribution is 5.94. The van der Waals surface area contributed by atoms with Gasteiger partial charge in [-0.05, 0) is 48.4 Å². The highest BCUT2D eigenvalue weighted by Crippen LogP contribution is 2.11. The van der Waals surface area contributed by atoms with Crippen molar-refractivity contribution < 1.29 is 9.53 Å². The van der Waals surface area contributed by atoms with Crippen molar-refractivity contribution in [2.45, 2.75) is 26.2 Å². The van der Waals surface area contributed by atoms with Gasteiger partial charge in [-0.1, -0.05) is 38.0 Å². The van der Waals surface area contributed by atoms with Gasteiger partial charge in [0.2, 0.25) is 0 Å². The molecular weight excluding hydrogens is 288 g/mol. The van der Waals surface area contributed by atoms with E-state index in [1.165, 1.54) is 12.8 Å². The summed E-state index contributed by atoms with van der Waals surface area (Å²) in [7, 11) is 0. The van der Waals surface area contributed by atoms with Crippen LogP contribution in [0.2, 0.25) is 0 Å². The van der Waals surface area contributed by atoms with Crippen molar-refractivity contribution in [3.05, 3.63) is 65.7 Å². The maximum atomic E-state index is 11.8. The summed E-state index contributed by atoms with van der Waals surface area (Å²) in [5.74, 6) is 0.629. The first-order chi connectivity index (χ1) is 11.3. The lowest BCUT2D eigenvalue weighted by atomic mass is 10.2. The number of benzene rings is 2. The minimum absolute atomic E-state index is 0.224. The van der Waals surface area contributed by atoms with Gasteiger partial charge in [-0.2, -0.15) is 5.10 Å². The summed E-state index contributed by atoms with van der Waals surface area (Å²) >= 11 is 0. The zero-order valence-electron chi connectivity index (χ0n) is 13.4. The lowest BCUT2D eigenvalue weighted by molar-refractivity contribution is 0.0955. The number of carbonyl (C=O) groups excluding carboxylic acids is 1. The van der Waals surface area contributed by atoms with E-state index in [0.717, 1.165) is 24.3 Å². The molecule has 2 rings (SSSR count). The molecule has 0 saturated heterocycles. The average Bonchev–Trinajstić information content (AvgIpc) is 2.60. The van der Waals surface area contributed by atoms with Crippen LogP contribution >= 0.6 is 0 Å². The number of ether oxygens (including phenoxy) is 1. The highest BCUT2D eigenvalue weighted by Gasteiger charge is 2.01. The van der Waals surface area contributed by atoms with E-state index in [1.54, 1.807) is 18.3 Å². The van der Waals surface area contributed by atoms with Crippen molar-refractivity contribution in [3.8, 4) is 5.75 Å². The van der Waals surface area contributed by atoms with Gasteiger partial charge in [0.05, 0.1) is 12.8 Å². The van der Waals surface area contributed by atoms with Crippen LogP contribution in [0.1, 0.15) is 42.1 Å². The Morgan fingerprint density at radius 1 is 1.09 bits per heavy atom. The van der Waals surface area contributed by atoms with Crippen LogP contribution < -0.4 is 10.2 Å². The van der Waals surface area contributed by atoms with Crippen molar-refractivity contribution in [2.24, 2.45) is 5.10 Å². The fourth-order valence-corrected chi connectivity index (χ4v) is 2.01. The zero-order chi connectivity index (χ0) is 16.3. The standard InChI is InChI=1S/C19H22N2O2/c1-2-3-7-14-23-18-12-10-16(11-13-18)15-20-21-19(22)17-8-5-4-6-9-17/h4-6,8-13,15H,2-3,7,14H2,1H3,(H,21,22)/b20-15+. The molecule has 0 radical (unpaired) electrons. The molecule has 4 nitrogen and oxygen atoms in total. The van der Waals surface area contributed by atoms with Crippen LogP contribution in [0.4, 0.5) is 0 Å². The minimum Gasteiger partial charge on any atom is -0.494 e. The number of hydrogen-bond donors (Lipinski definition) is 1. The normalized spacial score (nSPS) is 10.7. The van der Waals surface area contributed by atoms with Gasteiger partial charge in [0.25, 0.3) is 5.91 Å². The topological polar surface area (TPSA) is 50.7 Å². The summed E-state index contributed by atoms with van der Waals surface area (Å²) in [6, 6.07) is 16.6. The van der Waals surface area contributed by atoms with E-state index in [0.29, 0.717) is 5.56 Å². The number of carbonyl (C=O) groups is 1. The van der Waals surface area contributed by atoms with Crippen molar-refractivity contribution in [1.82, 2.24) is 5.43 Å². The molecule has 0 aliphatic heterocycles. The number of amides is 1. The van der Waals surface area contributed by atoms with Gasteiger partial charge in [0, 0.05) is 5.56 Å². The second kappa shape index (κ2) is 9.41. The van der Waals surface area contributed by atoms with Gasteiger partial charge >= 0.3 is 0 Å². The first-order valence-electron chi connectivity index (χ1n) is 7.91. The fourth-order valence-electron chi connectivity index (χ4n) is 2.01. The molecule has 0 bridgehead atoms. The first-order valence-corrected chi connectivity index (χ1v) is 7.91. The molecule has 0 unspecified atom stereocenters. The Morgan fingerprint density at radius 2 is 1.83 bits per heavy atom. The average molecular weight is 310 g/mol. The maximum absolute atomic E-state index is 11.8. The molecule has 0 fully saturated rings. The number of rotatable bonds is 8. The number of nitrogens with zero attached hydrogens (tertiary/aromatic N) is 1. The Labute approximate surface area is 137 Å². The Kier molecular flexibility index (Phi) is 6.85. The third-order valence-electron chi connectivity index (χ3n) is 3.31. The molecule has 0 aromatic heterocycles. The van der Waals surface area contributed by atoms with Gasteiger partial charge < -0.3 is 4.74 Å². The van der Waals surface area contributed by atoms with Crippen LogP contribution in [-0.4, -0.2) is 18.7 Å². The lowest BCUT2D eigenvalue weighted by Crippen LogP contribution is -2.17. The van der Waals surface area contributed by atoms with Gasteiger partial charge in [0.1, 0.15) is 5.75 Å². The van der Waals surface area contributed by atoms with E-state index in [2.05, 4.69) is 17.5 Å². The summed E-state index contributed by atoms with van der Waals surface area (Å²) < 4.78 is 5.65. The predicted octanol–water partition coefficient (Wildman–Crippen LogP) is 4.02. The molecule has 2 aromatic carbocycles. The monoisotopic (exact) mass is 310 g/mol. The number of hydrazone groups is 1. The first kappa shape index (κ1) is 16.7. The number of nitrogens with one attached hydrogen (secondary N) is 1. The quantitative estimate of drug-likeness (QED) is 0.455. The summed E-state index contributed by atoms with van der Waals surface area (Å²) in [4.78, 5) is 11.8. The van der Waals surface area contributed by atoms with Gasteiger partial charge in [-0.25, -0.2) is 5.43 Å². The molecule has 2 aromatic rings. The molecular formula is C19H22N2O2. The summed E-state index contributed by atoms with van der Waals surface area (Å²) in [5, 5.41) is 3.97. The molecule has 1 N–H and O–H groups in total. The van der Waals surface area contributed by atoms with Crippen LogP contribution in [0.3, 0.4) is 0 Å². The van der Waals surface area contributed by atoms with Crippen LogP contribution in [0.5, 0.6) is 5.75 Å².